The summed E-state index contributed by atoms with van der Waals surface area (Å²) in [6.07, 6.45) is 1.82. The second-order valence-electron chi connectivity index (χ2n) is 7.24. The number of anilines is 1. The maximum absolute atomic E-state index is 12.9. The molecule has 4 rings (SSSR count). The Morgan fingerprint density at radius 1 is 1.00 bits per heavy atom. The minimum atomic E-state index is -0.739. The maximum Gasteiger partial charge on any atom is 0.338 e. The van der Waals surface area contributed by atoms with Gasteiger partial charge in [0.1, 0.15) is 5.75 Å². The van der Waals surface area contributed by atoms with Crippen molar-refractivity contribution >= 4 is 29.3 Å². The molecule has 0 saturated heterocycles. The molecule has 2 aromatic rings. The van der Waals surface area contributed by atoms with Gasteiger partial charge in [0.15, 0.2) is 11.9 Å². The summed E-state index contributed by atoms with van der Waals surface area (Å²) < 4.78 is 10.7. The van der Waals surface area contributed by atoms with Crippen LogP contribution in [-0.4, -0.2) is 36.3 Å². The highest BCUT2D eigenvalue weighted by Gasteiger charge is 2.37. The number of esters is 1. The Morgan fingerprint density at radius 2 is 1.73 bits per heavy atom. The van der Waals surface area contributed by atoms with Crippen LogP contribution in [0.25, 0.3) is 0 Å². The van der Waals surface area contributed by atoms with Crippen LogP contribution in [0, 0.1) is 0 Å². The van der Waals surface area contributed by atoms with E-state index in [0.717, 1.165) is 17.7 Å². The zero-order valence-corrected chi connectivity index (χ0v) is 16.6. The van der Waals surface area contributed by atoms with Gasteiger partial charge in [-0.25, -0.2) is 9.69 Å². The molecule has 30 heavy (non-hydrogen) atoms. The van der Waals surface area contributed by atoms with Crippen LogP contribution < -0.4 is 9.64 Å². The van der Waals surface area contributed by atoms with Crippen LogP contribution in [0.4, 0.5) is 5.69 Å². The van der Waals surface area contributed by atoms with Crippen molar-refractivity contribution in [3.05, 3.63) is 59.2 Å². The molecule has 2 aromatic carbocycles. The number of nitrogens with zero attached hydrogens (tertiary/aromatic N) is 1. The number of hydrogen-bond acceptors (Lipinski definition) is 6. The van der Waals surface area contributed by atoms with Gasteiger partial charge in [0.2, 0.25) is 0 Å². The molecule has 1 saturated carbocycles. The number of carbonyl (C=O) groups excluding carboxylic acids is 4. The van der Waals surface area contributed by atoms with Gasteiger partial charge >= 0.3 is 5.97 Å². The van der Waals surface area contributed by atoms with Crippen molar-refractivity contribution in [2.24, 2.45) is 0 Å². The highest BCUT2D eigenvalue weighted by atomic mass is 16.5. The molecule has 7 nitrogen and oxygen atoms in total. The molecule has 0 N–H and O–H groups in total. The highest BCUT2D eigenvalue weighted by Crippen LogP contribution is 2.30. The first-order valence-corrected chi connectivity index (χ1v) is 9.99. The molecular formula is C23H21NO6. The van der Waals surface area contributed by atoms with E-state index in [2.05, 4.69) is 0 Å². The summed E-state index contributed by atoms with van der Waals surface area (Å²) >= 11 is 0. The van der Waals surface area contributed by atoms with Crippen molar-refractivity contribution in [1.82, 2.24) is 0 Å². The average molecular weight is 407 g/mol. The fraction of sp³-hybridized carbons (Fsp3) is 0.304. The van der Waals surface area contributed by atoms with Crippen LogP contribution in [0.1, 0.15) is 63.7 Å². The lowest BCUT2D eigenvalue weighted by molar-refractivity contribution is -0.129. The number of Topliss-reactive ketones (excluding diaryl/α,β-unsaturated/α-hetero) is 1. The molecule has 0 aromatic heterocycles. The Balaban J connectivity index is 1.55. The molecule has 0 radical (unpaired) electrons. The molecular weight excluding hydrogens is 386 g/mol. The SMILES string of the molecule is CCOc1ccc(N2C(=O)c3ccc(C(=O)O[C@H]4CCCCC4=O)cc3C2=O)cc1. The van der Waals surface area contributed by atoms with Crippen LogP contribution in [0.2, 0.25) is 0 Å². The van der Waals surface area contributed by atoms with Crippen molar-refractivity contribution in [2.75, 3.05) is 11.5 Å². The molecule has 2 aliphatic rings. The number of fused-ring (bicyclic) bond motifs is 1. The Bertz CT molecular complexity index is 1030. The summed E-state index contributed by atoms with van der Waals surface area (Å²) in [6.45, 7) is 2.38. The third kappa shape index (κ3) is 3.58. The maximum atomic E-state index is 12.9. The lowest BCUT2D eigenvalue weighted by Gasteiger charge is -2.20. The number of amides is 2. The van der Waals surface area contributed by atoms with Gasteiger partial charge in [-0.2, -0.15) is 0 Å². The third-order valence-corrected chi connectivity index (χ3v) is 5.28. The van der Waals surface area contributed by atoms with E-state index in [4.69, 9.17) is 9.47 Å². The predicted octanol–water partition coefficient (Wildman–Crippen LogP) is 3.55. The van der Waals surface area contributed by atoms with Gasteiger partial charge in [0.05, 0.1) is 29.0 Å². The standard InChI is InChI=1S/C23H21NO6/c1-2-29-16-10-8-15(9-11-16)24-21(26)17-12-7-14(13-18(17)22(24)27)23(28)30-20-6-4-3-5-19(20)25/h7-13,20H,2-6H2,1H3/t20-/m0/s1. The first kappa shape index (κ1) is 19.8. The number of ketones is 1. The number of imide groups is 1. The van der Waals surface area contributed by atoms with Crippen molar-refractivity contribution in [3.8, 4) is 5.75 Å². The summed E-state index contributed by atoms with van der Waals surface area (Å²) in [4.78, 5) is 51.2. The summed E-state index contributed by atoms with van der Waals surface area (Å²) in [5.41, 5.74) is 0.917. The molecule has 154 valence electrons. The van der Waals surface area contributed by atoms with Gasteiger partial charge in [-0.1, -0.05) is 0 Å². The number of benzene rings is 2. The summed E-state index contributed by atoms with van der Waals surface area (Å²) in [5, 5.41) is 0. The molecule has 1 aliphatic carbocycles. The Kier molecular flexibility index (Phi) is 5.35. The monoisotopic (exact) mass is 407 g/mol. The summed E-state index contributed by atoms with van der Waals surface area (Å²) in [6, 6.07) is 10.9. The van der Waals surface area contributed by atoms with Crippen molar-refractivity contribution in [2.45, 2.75) is 38.7 Å². The summed E-state index contributed by atoms with van der Waals surface area (Å²) in [7, 11) is 0. The second-order valence-corrected chi connectivity index (χ2v) is 7.24. The highest BCUT2D eigenvalue weighted by molar-refractivity contribution is 6.34. The van der Waals surface area contributed by atoms with E-state index in [0.29, 0.717) is 30.9 Å². The van der Waals surface area contributed by atoms with Gasteiger partial charge < -0.3 is 9.47 Å². The average Bonchev–Trinajstić information content (AvgIpc) is 3.00. The van der Waals surface area contributed by atoms with E-state index < -0.39 is 23.9 Å². The molecule has 0 unspecified atom stereocenters. The number of ether oxygens (including phenoxy) is 2. The second kappa shape index (κ2) is 8.10. The smallest absolute Gasteiger partial charge is 0.338 e. The third-order valence-electron chi connectivity index (χ3n) is 5.28. The number of hydrogen-bond donors (Lipinski definition) is 0. The van der Waals surface area contributed by atoms with Crippen molar-refractivity contribution < 1.29 is 28.7 Å². The lowest BCUT2D eigenvalue weighted by Crippen LogP contribution is -2.30. The Labute approximate surface area is 173 Å². The topological polar surface area (TPSA) is 90.0 Å². The molecule has 1 fully saturated rings. The summed E-state index contributed by atoms with van der Waals surface area (Å²) in [5.74, 6) is -1.08. The van der Waals surface area contributed by atoms with Crippen LogP contribution in [0.15, 0.2) is 42.5 Å². The van der Waals surface area contributed by atoms with Gasteiger partial charge in [-0.05, 0) is 68.7 Å². The minimum absolute atomic E-state index is 0.0799. The zero-order valence-electron chi connectivity index (χ0n) is 16.6. The number of carbonyl (C=O) groups is 4. The molecule has 0 spiro atoms. The van der Waals surface area contributed by atoms with E-state index in [1.165, 1.54) is 18.2 Å². The number of rotatable bonds is 5. The lowest BCUT2D eigenvalue weighted by atomic mass is 9.96. The van der Waals surface area contributed by atoms with E-state index >= 15 is 0 Å². The Hall–Kier alpha value is -3.48. The van der Waals surface area contributed by atoms with Crippen LogP contribution in [0.5, 0.6) is 5.75 Å². The van der Waals surface area contributed by atoms with E-state index in [1.807, 2.05) is 6.92 Å². The quantitative estimate of drug-likeness (QED) is 0.556. The predicted molar refractivity (Wildman–Crippen MR) is 108 cm³/mol. The Morgan fingerprint density at radius 3 is 2.43 bits per heavy atom. The van der Waals surface area contributed by atoms with E-state index in [-0.39, 0.29) is 22.5 Å². The molecule has 7 heteroatoms. The van der Waals surface area contributed by atoms with Gasteiger partial charge in [0.25, 0.3) is 11.8 Å². The van der Waals surface area contributed by atoms with E-state index in [9.17, 15) is 19.2 Å². The fourth-order valence-electron chi connectivity index (χ4n) is 3.73. The molecule has 1 heterocycles. The van der Waals surface area contributed by atoms with Crippen molar-refractivity contribution in [1.29, 1.82) is 0 Å². The van der Waals surface area contributed by atoms with Gasteiger partial charge in [-0.3, -0.25) is 14.4 Å². The fourth-order valence-corrected chi connectivity index (χ4v) is 3.73. The zero-order chi connectivity index (χ0) is 21.3. The molecule has 1 atom stereocenters. The molecule has 2 amide bonds. The van der Waals surface area contributed by atoms with E-state index in [1.54, 1.807) is 24.3 Å². The largest absolute Gasteiger partial charge is 0.494 e. The van der Waals surface area contributed by atoms with Crippen molar-refractivity contribution in [3.63, 3.8) is 0 Å². The van der Waals surface area contributed by atoms with Crippen LogP contribution in [0.3, 0.4) is 0 Å². The van der Waals surface area contributed by atoms with Crippen LogP contribution >= 0.6 is 0 Å². The van der Waals surface area contributed by atoms with Gasteiger partial charge in [-0.15, -0.1) is 0 Å². The first-order valence-electron chi connectivity index (χ1n) is 9.99. The normalized spacial score (nSPS) is 18.4. The molecule has 0 bridgehead atoms. The molecule has 1 aliphatic heterocycles. The van der Waals surface area contributed by atoms with Gasteiger partial charge in [0, 0.05) is 6.42 Å². The first-order chi connectivity index (χ1) is 14.5. The van der Waals surface area contributed by atoms with Crippen LogP contribution in [-0.2, 0) is 9.53 Å². The minimum Gasteiger partial charge on any atom is -0.494 e.